The average Bonchev–Trinajstić information content (AvgIpc) is 2.67. The van der Waals surface area contributed by atoms with Gasteiger partial charge in [-0.25, -0.2) is 0 Å². The molecule has 1 amide bonds. The number of carbonyl (C=O) groups is 1. The van der Waals surface area contributed by atoms with Crippen LogP contribution >= 0.6 is 11.6 Å². The minimum atomic E-state index is -0.575. The minimum absolute atomic E-state index is 0.0417. The summed E-state index contributed by atoms with van der Waals surface area (Å²) < 4.78 is 0. The van der Waals surface area contributed by atoms with Crippen LogP contribution in [0.15, 0.2) is 30.3 Å². The van der Waals surface area contributed by atoms with Gasteiger partial charge in [0, 0.05) is 19.1 Å². The van der Waals surface area contributed by atoms with E-state index in [-0.39, 0.29) is 11.9 Å². The number of carbonyl (C=O) groups excluding carboxylic acids is 1. The molecule has 1 aliphatic heterocycles. The first-order valence-corrected chi connectivity index (χ1v) is 7.75. The predicted octanol–water partition coefficient (Wildman–Crippen LogP) is 2.91. The Balaban J connectivity index is 2.13. The van der Waals surface area contributed by atoms with Crippen LogP contribution in [0.25, 0.3) is 0 Å². The van der Waals surface area contributed by atoms with Crippen molar-refractivity contribution < 1.29 is 4.79 Å². The topological polar surface area (TPSA) is 23.6 Å². The van der Waals surface area contributed by atoms with Gasteiger partial charge in [-0.3, -0.25) is 4.79 Å². The number of hydrogen-bond acceptors (Lipinski definition) is 2. The Kier molecular flexibility index (Phi) is 5.44. The van der Waals surface area contributed by atoms with Crippen molar-refractivity contribution in [1.29, 1.82) is 0 Å². The third kappa shape index (κ3) is 3.53. The van der Waals surface area contributed by atoms with Crippen LogP contribution in [0.3, 0.4) is 0 Å². The summed E-state index contributed by atoms with van der Waals surface area (Å²) in [5.41, 5.74) is 0.881. The molecule has 1 aliphatic rings. The molecule has 1 aromatic rings. The summed E-state index contributed by atoms with van der Waals surface area (Å²) in [5.74, 6) is 0.0417. The highest BCUT2D eigenvalue weighted by Gasteiger charge is 2.30. The minimum Gasteiger partial charge on any atom is -0.337 e. The molecule has 110 valence electrons. The van der Waals surface area contributed by atoms with Crippen LogP contribution in [-0.4, -0.2) is 48.4 Å². The maximum Gasteiger partial charge on any atom is 0.245 e. The highest BCUT2D eigenvalue weighted by Crippen LogP contribution is 2.25. The summed E-state index contributed by atoms with van der Waals surface area (Å²) in [6.07, 6.45) is 1.98. The predicted molar refractivity (Wildman–Crippen MR) is 82.9 cm³/mol. The largest absolute Gasteiger partial charge is 0.337 e. The highest BCUT2D eigenvalue weighted by molar-refractivity contribution is 6.30. The van der Waals surface area contributed by atoms with E-state index in [1.54, 1.807) is 0 Å². The number of likely N-dealkylation sites (N-methyl/N-ethyl adjacent to an activating group) is 1. The van der Waals surface area contributed by atoms with Gasteiger partial charge in [-0.1, -0.05) is 37.3 Å². The maximum absolute atomic E-state index is 12.7. The molecule has 0 radical (unpaired) electrons. The maximum atomic E-state index is 12.7. The lowest BCUT2D eigenvalue weighted by molar-refractivity contribution is -0.133. The molecule has 0 aromatic heterocycles. The van der Waals surface area contributed by atoms with E-state index in [9.17, 15) is 4.79 Å². The number of alkyl halides is 1. The number of nitrogens with zero attached hydrogens (tertiary/aromatic N) is 2. The van der Waals surface area contributed by atoms with Crippen LogP contribution in [-0.2, 0) is 4.79 Å². The van der Waals surface area contributed by atoms with E-state index in [1.165, 1.54) is 0 Å². The SMILES string of the molecule is CCC1CN(C)CCCN1C(=O)C(Cl)c1ccccc1. The molecule has 0 spiro atoms. The molecular formula is C16H23ClN2O. The summed E-state index contributed by atoms with van der Waals surface area (Å²) in [7, 11) is 2.12. The first kappa shape index (κ1) is 15.3. The van der Waals surface area contributed by atoms with Crippen LogP contribution in [0, 0.1) is 0 Å². The molecule has 0 saturated carbocycles. The van der Waals surface area contributed by atoms with Gasteiger partial charge in [-0.2, -0.15) is 0 Å². The van der Waals surface area contributed by atoms with Crippen LogP contribution < -0.4 is 0 Å². The average molecular weight is 295 g/mol. The Bertz CT molecular complexity index is 437. The molecule has 2 unspecified atom stereocenters. The van der Waals surface area contributed by atoms with E-state index in [4.69, 9.17) is 11.6 Å². The second kappa shape index (κ2) is 7.09. The van der Waals surface area contributed by atoms with Crippen molar-refractivity contribution in [1.82, 2.24) is 9.80 Å². The summed E-state index contributed by atoms with van der Waals surface area (Å²) in [6, 6.07) is 9.88. The molecule has 0 N–H and O–H groups in total. The summed E-state index contributed by atoms with van der Waals surface area (Å²) in [6.45, 7) is 4.91. The van der Waals surface area contributed by atoms with Crippen molar-refractivity contribution in [2.45, 2.75) is 31.2 Å². The Morgan fingerprint density at radius 2 is 2.05 bits per heavy atom. The molecule has 1 fully saturated rings. The van der Waals surface area contributed by atoms with E-state index in [2.05, 4.69) is 18.9 Å². The van der Waals surface area contributed by atoms with E-state index in [0.29, 0.717) is 0 Å². The lowest BCUT2D eigenvalue weighted by atomic mass is 10.1. The molecule has 2 rings (SSSR count). The zero-order valence-electron chi connectivity index (χ0n) is 12.3. The molecule has 4 heteroatoms. The monoisotopic (exact) mass is 294 g/mol. The van der Waals surface area contributed by atoms with E-state index in [0.717, 1.165) is 38.0 Å². The molecule has 20 heavy (non-hydrogen) atoms. The second-order valence-electron chi connectivity index (χ2n) is 5.48. The molecule has 2 atom stereocenters. The fourth-order valence-corrected chi connectivity index (χ4v) is 3.06. The molecule has 1 aromatic carbocycles. The number of benzene rings is 1. The van der Waals surface area contributed by atoms with Gasteiger partial charge >= 0.3 is 0 Å². The Morgan fingerprint density at radius 1 is 1.35 bits per heavy atom. The van der Waals surface area contributed by atoms with Gasteiger partial charge < -0.3 is 9.80 Å². The number of hydrogen-bond donors (Lipinski definition) is 0. The lowest BCUT2D eigenvalue weighted by Gasteiger charge is -2.31. The number of halogens is 1. The van der Waals surface area contributed by atoms with Gasteiger partial charge in [0.1, 0.15) is 5.38 Å². The molecule has 0 bridgehead atoms. The Morgan fingerprint density at radius 3 is 2.70 bits per heavy atom. The summed E-state index contributed by atoms with van der Waals surface area (Å²) >= 11 is 6.40. The van der Waals surface area contributed by atoms with Crippen molar-refractivity contribution in [2.75, 3.05) is 26.7 Å². The Hall–Kier alpha value is -1.06. The Labute approximate surface area is 126 Å². The molecule has 3 nitrogen and oxygen atoms in total. The second-order valence-corrected chi connectivity index (χ2v) is 5.92. The van der Waals surface area contributed by atoms with Crippen LogP contribution in [0.5, 0.6) is 0 Å². The van der Waals surface area contributed by atoms with E-state index >= 15 is 0 Å². The van der Waals surface area contributed by atoms with Crippen molar-refractivity contribution in [3.05, 3.63) is 35.9 Å². The third-order valence-corrected chi connectivity index (χ3v) is 4.40. The molecular weight excluding hydrogens is 272 g/mol. The van der Waals surface area contributed by atoms with Crippen LogP contribution in [0.1, 0.15) is 30.7 Å². The van der Waals surface area contributed by atoms with Crippen molar-refractivity contribution in [2.24, 2.45) is 0 Å². The fourth-order valence-electron chi connectivity index (χ4n) is 2.79. The van der Waals surface area contributed by atoms with Gasteiger partial charge in [0.25, 0.3) is 0 Å². The van der Waals surface area contributed by atoms with Gasteiger partial charge in [0.2, 0.25) is 5.91 Å². The smallest absolute Gasteiger partial charge is 0.245 e. The third-order valence-electron chi connectivity index (χ3n) is 3.97. The van der Waals surface area contributed by atoms with Gasteiger partial charge in [-0.15, -0.1) is 11.6 Å². The number of rotatable bonds is 3. The zero-order valence-corrected chi connectivity index (χ0v) is 13.0. The van der Waals surface area contributed by atoms with Gasteiger partial charge in [-0.05, 0) is 32.0 Å². The van der Waals surface area contributed by atoms with Crippen molar-refractivity contribution in [3.8, 4) is 0 Å². The normalized spacial score (nSPS) is 22.4. The van der Waals surface area contributed by atoms with E-state index in [1.807, 2.05) is 35.2 Å². The zero-order chi connectivity index (χ0) is 14.5. The summed E-state index contributed by atoms with van der Waals surface area (Å²) in [4.78, 5) is 17.0. The van der Waals surface area contributed by atoms with Crippen LogP contribution in [0.2, 0.25) is 0 Å². The van der Waals surface area contributed by atoms with Crippen molar-refractivity contribution in [3.63, 3.8) is 0 Å². The summed E-state index contributed by atoms with van der Waals surface area (Å²) in [5, 5.41) is -0.575. The quantitative estimate of drug-likeness (QED) is 0.800. The molecule has 1 heterocycles. The highest BCUT2D eigenvalue weighted by atomic mass is 35.5. The number of amides is 1. The first-order chi connectivity index (χ1) is 9.63. The van der Waals surface area contributed by atoms with E-state index < -0.39 is 5.38 Å². The lowest BCUT2D eigenvalue weighted by Crippen LogP contribution is -2.44. The van der Waals surface area contributed by atoms with Gasteiger partial charge in [0.15, 0.2) is 0 Å². The van der Waals surface area contributed by atoms with Crippen molar-refractivity contribution >= 4 is 17.5 Å². The van der Waals surface area contributed by atoms with Gasteiger partial charge in [0.05, 0.1) is 0 Å². The first-order valence-electron chi connectivity index (χ1n) is 7.31. The van der Waals surface area contributed by atoms with Crippen LogP contribution in [0.4, 0.5) is 0 Å². The fraction of sp³-hybridized carbons (Fsp3) is 0.562. The standard InChI is InChI=1S/C16H23ClN2O/c1-3-14-12-18(2)10-7-11-19(14)16(20)15(17)13-8-5-4-6-9-13/h4-6,8-9,14-15H,3,7,10-12H2,1-2H3. The molecule has 1 saturated heterocycles. The molecule has 0 aliphatic carbocycles.